The van der Waals surface area contributed by atoms with E-state index < -0.39 is 12.1 Å². The van der Waals surface area contributed by atoms with Gasteiger partial charge in [-0.2, -0.15) is 0 Å². The lowest BCUT2D eigenvalue weighted by molar-refractivity contribution is 0.0697. The van der Waals surface area contributed by atoms with Crippen molar-refractivity contribution in [1.29, 1.82) is 0 Å². The molecule has 5 heteroatoms. The molecule has 3 aromatic rings. The number of hydrogen-bond donors (Lipinski definition) is 2. The Morgan fingerprint density at radius 2 is 1.96 bits per heavy atom. The monoisotopic (exact) mass is 312 g/mol. The lowest BCUT2D eigenvalue weighted by Crippen LogP contribution is -2.11. The number of aliphatic hydroxyl groups excluding tert-OH is 1. The predicted octanol–water partition coefficient (Wildman–Crippen LogP) is 3.55. The molecule has 2 N–H and O–H groups in total. The maximum Gasteiger partial charge on any atom is 0.339 e. The van der Waals surface area contributed by atoms with Gasteiger partial charge in [0.15, 0.2) is 0 Å². The molecule has 23 heavy (non-hydrogen) atoms. The average molecular weight is 312 g/mol. The van der Waals surface area contributed by atoms with E-state index in [9.17, 15) is 15.0 Å². The van der Waals surface area contributed by atoms with Crippen LogP contribution in [0.25, 0.3) is 11.0 Å². The minimum Gasteiger partial charge on any atom is -0.483 e. The Balaban J connectivity index is 1.97. The van der Waals surface area contributed by atoms with Gasteiger partial charge in [-0.3, -0.25) is 0 Å². The number of benzene rings is 2. The third-order valence-corrected chi connectivity index (χ3v) is 3.66. The lowest BCUT2D eigenvalue weighted by atomic mass is 10.1. The van der Waals surface area contributed by atoms with Crippen LogP contribution in [0.4, 0.5) is 0 Å². The summed E-state index contributed by atoms with van der Waals surface area (Å²) in [5.41, 5.74) is 1.47. The first-order chi connectivity index (χ1) is 11.1. The minimum atomic E-state index is -1.04. The Morgan fingerprint density at radius 3 is 2.61 bits per heavy atom. The summed E-state index contributed by atoms with van der Waals surface area (Å²) < 4.78 is 11.3. The van der Waals surface area contributed by atoms with Crippen LogP contribution in [0.1, 0.15) is 27.8 Å². The van der Waals surface area contributed by atoms with Gasteiger partial charge in [-0.25, -0.2) is 4.79 Å². The maximum atomic E-state index is 11.4. The number of carbonyl (C=O) groups is 1. The number of ether oxygens (including phenoxy) is 1. The first-order valence-electron chi connectivity index (χ1n) is 7.19. The molecule has 0 radical (unpaired) electrons. The number of aryl methyl sites for hydroxylation is 1. The molecule has 3 rings (SSSR count). The first kappa shape index (κ1) is 15.1. The number of carboxylic acid groups (broad SMARTS) is 1. The van der Waals surface area contributed by atoms with Gasteiger partial charge in [-0.15, -0.1) is 0 Å². The first-order valence-corrected chi connectivity index (χ1v) is 7.19. The number of furan rings is 1. The number of rotatable bonds is 5. The summed E-state index contributed by atoms with van der Waals surface area (Å²) in [6, 6.07) is 14.3. The Hall–Kier alpha value is -2.79. The Morgan fingerprint density at radius 1 is 1.22 bits per heavy atom. The van der Waals surface area contributed by atoms with Gasteiger partial charge in [-0.05, 0) is 30.7 Å². The number of fused-ring (bicyclic) bond motifs is 1. The number of carboxylic acids is 1. The topological polar surface area (TPSA) is 79.9 Å². The molecule has 1 heterocycles. The van der Waals surface area contributed by atoms with E-state index in [1.807, 2.05) is 30.3 Å². The summed E-state index contributed by atoms with van der Waals surface area (Å²) >= 11 is 0. The molecule has 0 saturated heterocycles. The SMILES string of the molecule is Cc1oc2ccc(OC(CO)c3ccccc3)cc2c1C(=O)O. The van der Waals surface area contributed by atoms with Gasteiger partial charge in [0.2, 0.25) is 0 Å². The molecule has 1 aromatic heterocycles. The summed E-state index contributed by atoms with van der Waals surface area (Å²) in [6.45, 7) is 1.43. The van der Waals surface area contributed by atoms with E-state index in [4.69, 9.17) is 9.15 Å². The third kappa shape index (κ3) is 2.91. The molecular formula is C18H16O5. The van der Waals surface area contributed by atoms with Crippen molar-refractivity contribution in [3.05, 3.63) is 65.4 Å². The molecule has 118 valence electrons. The second-order valence-electron chi connectivity index (χ2n) is 5.20. The van der Waals surface area contributed by atoms with Crippen LogP contribution >= 0.6 is 0 Å². The molecule has 0 fully saturated rings. The van der Waals surface area contributed by atoms with Crippen molar-refractivity contribution >= 4 is 16.9 Å². The second kappa shape index (κ2) is 6.14. The highest BCUT2D eigenvalue weighted by molar-refractivity contribution is 6.03. The fraction of sp³-hybridized carbons (Fsp3) is 0.167. The molecule has 0 spiro atoms. The standard InChI is InChI=1S/C18H16O5/c1-11-17(18(20)21)14-9-13(7-8-15(14)22-11)23-16(10-19)12-5-3-2-4-6-12/h2-9,16,19H,10H2,1H3,(H,20,21). The van der Waals surface area contributed by atoms with Crippen LogP contribution in [0, 0.1) is 6.92 Å². The van der Waals surface area contributed by atoms with E-state index in [0.29, 0.717) is 22.5 Å². The van der Waals surface area contributed by atoms with Gasteiger partial charge >= 0.3 is 5.97 Å². The van der Waals surface area contributed by atoms with Crippen molar-refractivity contribution in [2.75, 3.05) is 6.61 Å². The van der Waals surface area contributed by atoms with Crippen molar-refractivity contribution in [3.63, 3.8) is 0 Å². The van der Waals surface area contributed by atoms with Crippen molar-refractivity contribution in [2.24, 2.45) is 0 Å². The van der Waals surface area contributed by atoms with Crippen LogP contribution in [0.2, 0.25) is 0 Å². The Kier molecular flexibility index (Phi) is 4.04. The lowest BCUT2D eigenvalue weighted by Gasteiger charge is -2.17. The molecule has 0 aliphatic heterocycles. The number of aromatic carboxylic acids is 1. The van der Waals surface area contributed by atoms with Crippen molar-refractivity contribution in [1.82, 2.24) is 0 Å². The molecule has 0 bridgehead atoms. The van der Waals surface area contributed by atoms with E-state index in [1.54, 1.807) is 25.1 Å². The quantitative estimate of drug-likeness (QED) is 0.753. The van der Waals surface area contributed by atoms with Gasteiger partial charge in [0, 0.05) is 5.39 Å². The zero-order valence-corrected chi connectivity index (χ0v) is 12.5. The summed E-state index contributed by atoms with van der Waals surface area (Å²) in [5, 5.41) is 19.4. The fourth-order valence-corrected chi connectivity index (χ4v) is 2.58. The van der Waals surface area contributed by atoms with Gasteiger partial charge in [0.1, 0.15) is 28.8 Å². The highest BCUT2D eigenvalue weighted by Crippen LogP contribution is 2.31. The minimum absolute atomic E-state index is 0.130. The summed E-state index contributed by atoms with van der Waals surface area (Å²) in [4.78, 5) is 11.4. The second-order valence-corrected chi connectivity index (χ2v) is 5.20. The van der Waals surface area contributed by atoms with Crippen LogP contribution in [0.5, 0.6) is 5.75 Å². The molecule has 0 saturated carbocycles. The number of aliphatic hydroxyl groups is 1. The highest BCUT2D eigenvalue weighted by Gasteiger charge is 2.19. The van der Waals surface area contributed by atoms with E-state index in [1.165, 1.54) is 0 Å². The number of hydrogen-bond acceptors (Lipinski definition) is 4. The van der Waals surface area contributed by atoms with Crippen LogP contribution < -0.4 is 4.74 Å². The Bertz CT molecular complexity index is 835. The average Bonchev–Trinajstić information content (AvgIpc) is 2.88. The van der Waals surface area contributed by atoms with Crippen molar-refractivity contribution in [3.8, 4) is 5.75 Å². The van der Waals surface area contributed by atoms with E-state index >= 15 is 0 Å². The fourth-order valence-electron chi connectivity index (χ4n) is 2.58. The molecular weight excluding hydrogens is 296 g/mol. The maximum absolute atomic E-state index is 11.4. The molecule has 1 unspecified atom stereocenters. The molecule has 2 aromatic carbocycles. The Labute approximate surface area is 132 Å². The zero-order chi connectivity index (χ0) is 16.4. The molecule has 5 nitrogen and oxygen atoms in total. The molecule has 0 aliphatic rings. The smallest absolute Gasteiger partial charge is 0.339 e. The molecule has 0 amide bonds. The van der Waals surface area contributed by atoms with Crippen molar-refractivity contribution in [2.45, 2.75) is 13.0 Å². The molecule has 0 aliphatic carbocycles. The van der Waals surface area contributed by atoms with Gasteiger partial charge in [-0.1, -0.05) is 30.3 Å². The van der Waals surface area contributed by atoms with E-state index in [-0.39, 0.29) is 12.2 Å². The summed E-state index contributed by atoms with van der Waals surface area (Å²) in [7, 11) is 0. The third-order valence-electron chi connectivity index (χ3n) is 3.66. The van der Waals surface area contributed by atoms with Crippen LogP contribution in [-0.4, -0.2) is 22.8 Å². The van der Waals surface area contributed by atoms with Gasteiger partial charge < -0.3 is 19.4 Å². The highest BCUT2D eigenvalue weighted by atomic mass is 16.5. The van der Waals surface area contributed by atoms with E-state index in [2.05, 4.69) is 0 Å². The van der Waals surface area contributed by atoms with Crippen LogP contribution in [0.3, 0.4) is 0 Å². The molecule has 1 atom stereocenters. The van der Waals surface area contributed by atoms with E-state index in [0.717, 1.165) is 5.56 Å². The largest absolute Gasteiger partial charge is 0.483 e. The summed E-state index contributed by atoms with van der Waals surface area (Å²) in [6.07, 6.45) is -0.519. The summed E-state index contributed by atoms with van der Waals surface area (Å²) in [5.74, 6) is -0.213. The normalized spacial score (nSPS) is 12.3. The van der Waals surface area contributed by atoms with Crippen LogP contribution in [0.15, 0.2) is 52.9 Å². The van der Waals surface area contributed by atoms with Gasteiger partial charge in [0.05, 0.1) is 6.61 Å². The zero-order valence-electron chi connectivity index (χ0n) is 12.5. The predicted molar refractivity (Wildman–Crippen MR) is 84.8 cm³/mol. The van der Waals surface area contributed by atoms with Gasteiger partial charge in [0.25, 0.3) is 0 Å². The van der Waals surface area contributed by atoms with Crippen molar-refractivity contribution < 1.29 is 24.2 Å². The van der Waals surface area contributed by atoms with Crippen LogP contribution in [-0.2, 0) is 0 Å².